The maximum Gasteiger partial charge on any atom is 0.269 e. The first-order valence-electron chi connectivity index (χ1n) is 9.54. The molecule has 1 heterocycles. The highest BCUT2D eigenvalue weighted by molar-refractivity contribution is 7.07. The third kappa shape index (κ3) is 4.75. The number of aromatic nitrogens is 1. The fourth-order valence-corrected chi connectivity index (χ4v) is 3.88. The average Bonchev–Trinajstić information content (AvgIpc) is 3.09. The van der Waals surface area contributed by atoms with Crippen molar-refractivity contribution in [3.63, 3.8) is 0 Å². The summed E-state index contributed by atoms with van der Waals surface area (Å²) in [5.74, 6) is 0.578. The summed E-state index contributed by atoms with van der Waals surface area (Å²) in [6.45, 7) is 7.42. The van der Waals surface area contributed by atoms with Crippen molar-refractivity contribution in [3.05, 3.63) is 74.4 Å². The van der Waals surface area contributed by atoms with E-state index in [9.17, 15) is 10.1 Å². The molecule has 3 rings (SSSR count). The highest BCUT2D eigenvalue weighted by atomic mass is 32.1. The fraction of sp³-hybridized carbons (Fsp3) is 0.318. The quantitative estimate of drug-likeness (QED) is 0.366. The van der Waals surface area contributed by atoms with Gasteiger partial charge in [-0.25, -0.2) is 4.99 Å². The fourth-order valence-electron chi connectivity index (χ4n) is 2.92. The van der Waals surface area contributed by atoms with Crippen LogP contribution in [0.25, 0.3) is 11.3 Å². The molecule has 0 saturated carbocycles. The second kappa shape index (κ2) is 8.97. The van der Waals surface area contributed by atoms with Gasteiger partial charge in [0.1, 0.15) is 0 Å². The molecule has 146 valence electrons. The molecule has 0 bridgehead atoms. The second-order valence-electron chi connectivity index (χ2n) is 7.17. The summed E-state index contributed by atoms with van der Waals surface area (Å²) in [6, 6.07) is 15.1. The summed E-state index contributed by atoms with van der Waals surface area (Å²) in [4.78, 5) is 16.4. The maximum atomic E-state index is 10.9. The maximum absolute atomic E-state index is 10.9. The van der Waals surface area contributed by atoms with E-state index in [1.165, 1.54) is 5.56 Å². The summed E-state index contributed by atoms with van der Waals surface area (Å²) >= 11 is 1.60. The summed E-state index contributed by atoms with van der Waals surface area (Å²) in [5, 5.41) is 13.0. The Hall–Kier alpha value is -2.73. The molecule has 0 aliphatic heterocycles. The van der Waals surface area contributed by atoms with Crippen LogP contribution in [0.1, 0.15) is 32.8 Å². The number of hydrogen-bond acceptors (Lipinski definition) is 4. The van der Waals surface area contributed by atoms with Crippen LogP contribution in [-0.4, -0.2) is 9.49 Å². The predicted octanol–water partition coefficient (Wildman–Crippen LogP) is 5.97. The number of non-ortho nitro benzene ring substituents is 1. The van der Waals surface area contributed by atoms with Crippen molar-refractivity contribution >= 4 is 22.7 Å². The van der Waals surface area contributed by atoms with E-state index in [-0.39, 0.29) is 10.6 Å². The van der Waals surface area contributed by atoms with E-state index in [0.29, 0.717) is 5.92 Å². The Kier molecular flexibility index (Phi) is 6.41. The molecule has 0 radical (unpaired) electrons. The molecule has 2 aromatic carbocycles. The van der Waals surface area contributed by atoms with Crippen molar-refractivity contribution in [2.75, 3.05) is 0 Å². The van der Waals surface area contributed by atoms with Crippen LogP contribution >= 0.6 is 11.3 Å². The Balaban J connectivity index is 2.02. The number of hydrogen-bond donors (Lipinski definition) is 0. The summed E-state index contributed by atoms with van der Waals surface area (Å²) in [7, 11) is 0. The van der Waals surface area contributed by atoms with Gasteiger partial charge in [-0.3, -0.25) is 10.1 Å². The van der Waals surface area contributed by atoms with Gasteiger partial charge in [0.15, 0.2) is 4.80 Å². The van der Waals surface area contributed by atoms with Crippen molar-refractivity contribution < 1.29 is 4.92 Å². The van der Waals surface area contributed by atoms with Crippen LogP contribution < -0.4 is 4.80 Å². The number of rotatable bonds is 7. The average molecular weight is 396 g/mol. The van der Waals surface area contributed by atoms with Crippen LogP contribution in [-0.2, 0) is 13.0 Å². The molecule has 28 heavy (non-hydrogen) atoms. The van der Waals surface area contributed by atoms with E-state index in [0.717, 1.165) is 41.1 Å². The molecule has 0 N–H and O–H groups in total. The first-order valence-corrected chi connectivity index (χ1v) is 10.4. The molecule has 0 spiro atoms. The van der Waals surface area contributed by atoms with E-state index in [1.807, 2.05) is 12.1 Å². The molecule has 3 aromatic rings. The van der Waals surface area contributed by atoms with Crippen LogP contribution in [0.5, 0.6) is 0 Å². The zero-order chi connectivity index (χ0) is 20.1. The van der Waals surface area contributed by atoms with E-state index in [2.05, 4.69) is 55.0 Å². The Morgan fingerprint density at radius 3 is 2.36 bits per heavy atom. The van der Waals surface area contributed by atoms with Crippen molar-refractivity contribution in [1.82, 2.24) is 4.57 Å². The van der Waals surface area contributed by atoms with E-state index >= 15 is 0 Å². The van der Waals surface area contributed by atoms with Crippen LogP contribution in [0.3, 0.4) is 0 Å². The zero-order valence-electron chi connectivity index (χ0n) is 16.5. The highest BCUT2D eigenvalue weighted by Gasteiger charge is 2.11. The van der Waals surface area contributed by atoms with Crippen molar-refractivity contribution in [1.29, 1.82) is 0 Å². The Labute approximate surface area is 169 Å². The number of nitro groups is 1. The lowest BCUT2D eigenvalue weighted by Gasteiger charge is -2.11. The lowest BCUT2D eigenvalue weighted by Crippen LogP contribution is -2.17. The van der Waals surface area contributed by atoms with Crippen molar-refractivity contribution in [3.8, 4) is 11.3 Å². The van der Waals surface area contributed by atoms with Gasteiger partial charge in [0.05, 0.1) is 16.3 Å². The van der Waals surface area contributed by atoms with Crippen LogP contribution in [0.2, 0.25) is 0 Å². The summed E-state index contributed by atoms with van der Waals surface area (Å²) in [6.07, 6.45) is 2.05. The molecular weight excluding hydrogens is 370 g/mol. The third-order valence-electron chi connectivity index (χ3n) is 4.67. The Morgan fingerprint density at radius 2 is 1.79 bits per heavy atom. The number of thiazole rings is 1. The van der Waals surface area contributed by atoms with E-state index < -0.39 is 0 Å². The predicted molar refractivity (Wildman–Crippen MR) is 115 cm³/mol. The van der Waals surface area contributed by atoms with Gasteiger partial charge in [0.2, 0.25) is 0 Å². The first-order chi connectivity index (χ1) is 13.5. The van der Waals surface area contributed by atoms with Gasteiger partial charge in [-0.2, -0.15) is 0 Å². The van der Waals surface area contributed by atoms with Gasteiger partial charge in [0, 0.05) is 24.1 Å². The minimum Gasteiger partial charge on any atom is -0.316 e. The molecule has 0 atom stereocenters. The van der Waals surface area contributed by atoms with Gasteiger partial charge >= 0.3 is 0 Å². The Morgan fingerprint density at radius 1 is 1.11 bits per heavy atom. The van der Waals surface area contributed by atoms with Crippen LogP contribution in [0.4, 0.5) is 11.4 Å². The second-order valence-corrected chi connectivity index (χ2v) is 8.01. The molecule has 5 nitrogen and oxygen atoms in total. The summed E-state index contributed by atoms with van der Waals surface area (Å²) < 4.78 is 2.22. The van der Waals surface area contributed by atoms with Gasteiger partial charge < -0.3 is 4.57 Å². The van der Waals surface area contributed by atoms with Crippen molar-refractivity contribution in [2.45, 2.75) is 40.2 Å². The minimum absolute atomic E-state index is 0.105. The van der Waals surface area contributed by atoms with Crippen LogP contribution in [0, 0.1) is 16.0 Å². The first kappa shape index (κ1) is 20.0. The van der Waals surface area contributed by atoms with Gasteiger partial charge in [-0.1, -0.05) is 32.9 Å². The molecule has 0 aliphatic carbocycles. The lowest BCUT2D eigenvalue weighted by atomic mass is 10.1. The topological polar surface area (TPSA) is 60.4 Å². The highest BCUT2D eigenvalue weighted by Crippen LogP contribution is 2.24. The smallest absolute Gasteiger partial charge is 0.269 e. The minimum atomic E-state index is -0.370. The molecular formula is C22H25N3O2S. The van der Waals surface area contributed by atoms with Gasteiger partial charge in [-0.15, -0.1) is 11.3 Å². The number of benzene rings is 2. The molecule has 1 aromatic heterocycles. The standard InChI is InChI=1S/C22H25N3O2S/c1-4-17-5-9-19(10-6-17)23-22-24(14-13-16(2)3)21(15-28-22)18-7-11-20(12-8-18)25(26)27/h5-12,15-16H,4,13-14H2,1-3H3. The monoisotopic (exact) mass is 395 g/mol. The number of nitrogens with zero attached hydrogens (tertiary/aromatic N) is 3. The number of nitro benzene ring substituents is 1. The lowest BCUT2D eigenvalue weighted by molar-refractivity contribution is -0.384. The molecule has 0 aliphatic rings. The van der Waals surface area contributed by atoms with E-state index in [1.54, 1.807) is 23.5 Å². The molecule has 0 fully saturated rings. The van der Waals surface area contributed by atoms with Gasteiger partial charge in [0.25, 0.3) is 5.69 Å². The molecule has 0 unspecified atom stereocenters. The van der Waals surface area contributed by atoms with Crippen LogP contribution in [0.15, 0.2) is 58.9 Å². The Bertz CT molecular complexity index is 1000. The third-order valence-corrected chi connectivity index (χ3v) is 5.53. The normalized spacial score (nSPS) is 11.9. The SMILES string of the molecule is CCc1ccc(N=c2scc(-c3ccc([N+](=O)[O-])cc3)n2CCC(C)C)cc1. The zero-order valence-corrected chi connectivity index (χ0v) is 17.3. The molecule has 0 saturated heterocycles. The molecule has 0 amide bonds. The largest absolute Gasteiger partial charge is 0.316 e. The van der Waals surface area contributed by atoms with Crippen molar-refractivity contribution in [2.24, 2.45) is 10.9 Å². The molecule has 6 heteroatoms. The van der Waals surface area contributed by atoms with E-state index in [4.69, 9.17) is 4.99 Å². The summed E-state index contributed by atoms with van der Waals surface area (Å²) in [5.41, 5.74) is 4.35. The van der Waals surface area contributed by atoms with Gasteiger partial charge in [-0.05, 0) is 54.2 Å². The number of aryl methyl sites for hydroxylation is 1.